The number of hydrogen-bond acceptors (Lipinski definition) is 3. The first kappa shape index (κ1) is 15.5. The number of benzene rings is 1. The lowest BCUT2D eigenvalue weighted by atomic mass is 9.91. The molecule has 3 nitrogen and oxygen atoms in total. The fourth-order valence-electron chi connectivity index (χ4n) is 2.24. The van der Waals surface area contributed by atoms with E-state index >= 15 is 0 Å². The predicted octanol–water partition coefficient (Wildman–Crippen LogP) is 3.82. The van der Waals surface area contributed by atoms with Crippen LogP contribution in [0.25, 0.3) is 0 Å². The average molecular weight is 264 g/mol. The summed E-state index contributed by atoms with van der Waals surface area (Å²) in [5, 5.41) is 18.6. The zero-order valence-electron chi connectivity index (χ0n) is 11.9. The van der Waals surface area contributed by atoms with E-state index in [2.05, 4.69) is 13.8 Å². The standard InChI is InChI=1S/C16H24O3/c1-3-5-6-13(4-2)14(17)9-7-12-8-10-15(18)16(19)11-12/h8,10-11,13,18-19H,3-7,9H2,1-2H3. The van der Waals surface area contributed by atoms with Crippen LogP contribution < -0.4 is 0 Å². The van der Waals surface area contributed by atoms with Crippen molar-refractivity contribution in [2.75, 3.05) is 0 Å². The highest BCUT2D eigenvalue weighted by Crippen LogP contribution is 2.26. The molecule has 0 radical (unpaired) electrons. The number of phenols is 2. The number of rotatable bonds is 8. The van der Waals surface area contributed by atoms with Crippen LogP contribution in [-0.4, -0.2) is 16.0 Å². The van der Waals surface area contributed by atoms with E-state index in [1.807, 2.05) is 0 Å². The molecule has 1 unspecified atom stereocenters. The zero-order chi connectivity index (χ0) is 14.3. The van der Waals surface area contributed by atoms with Gasteiger partial charge in [0.15, 0.2) is 11.5 Å². The Morgan fingerprint density at radius 2 is 1.95 bits per heavy atom. The smallest absolute Gasteiger partial charge is 0.157 e. The summed E-state index contributed by atoms with van der Waals surface area (Å²) in [5.41, 5.74) is 0.883. The van der Waals surface area contributed by atoms with Crippen molar-refractivity contribution in [2.45, 2.75) is 52.4 Å². The van der Waals surface area contributed by atoms with Crippen molar-refractivity contribution in [1.82, 2.24) is 0 Å². The normalized spacial score (nSPS) is 12.3. The summed E-state index contributed by atoms with van der Waals surface area (Å²) in [6, 6.07) is 4.73. The van der Waals surface area contributed by atoms with Gasteiger partial charge in [-0.15, -0.1) is 0 Å². The molecule has 3 heteroatoms. The van der Waals surface area contributed by atoms with Crippen LogP contribution in [0, 0.1) is 5.92 Å². The number of aryl methyl sites for hydroxylation is 1. The number of Topliss-reactive ketones (excluding diaryl/α,β-unsaturated/α-hetero) is 1. The van der Waals surface area contributed by atoms with Crippen molar-refractivity contribution in [3.8, 4) is 11.5 Å². The molecule has 0 aliphatic heterocycles. The Bertz CT molecular complexity index is 412. The Balaban J connectivity index is 2.50. The van der Waals surface area contributed by atoms with Crippen LogP contribution in [0.15, 0.2) is 18.2 Å². The summed E-state index contributed by atoms with van der Waals surface area (Å²) in [7, 11) is 0. The molecule has 0 aliphatic rings. The molecular weight excluding hydrogens is 240 g/mol. The minimum atomic E-state index is -0.122. The van der Waals surface area contributed by atoms with E-state index in [0.29, 0.717) is 18.6 Å². The minimum absolute atomic E-state index is 0.121. The van der Waals surface area contributed by atoms with Gasteiger partial charge in [-0.25, -0.2) is 0 Å². The fourth-order valence-corrected chi connectivity index (χ4v) is 2.24. The maximum Gasteiger partial charge on any atom is 0.157 e. The Hall–Kier alpha value is -1.51. The molecule has 0 bridgehead atoms. The first-order valence-electron chi connectivity index (χ1n) is 7.12. The first-order valence-corrected chi connectivity index (χ1v) is 7.12. The molecule has 19 heavy (non-hydrogen) atoms. The summed E-state index contributed by atoms with van der Waals surface area (Å²) < 4.78 is 0. The lowest BCUT2D eigenvalue weighted by molar-refractivity contribution is -0.123. The molecule has 0 amide bonds. The molecular formula is C16H24O3. The third kappa shape index (κ3) is 4.93. The van der Waals surface area contributed by atoms with E-state index in [9.17, 15) is 15.0 Å². The molecule has 0 aliphatic carbocycles. The molecule has 1 atom stereocenters. The largest absolute Gasteiger partial charge is 0.504 e. The van der Waals surface area contributed by atoms with Gasteiger partial charge in [-0.2, -0.15) is 0 Å². The molecule has 1 aromatic carbocycles. The Labute approximate surface area is 115 Å². The SMILES string of the molecule is CCCCC(CC)C(=O)CCc1ccc(O)c(O)c1. The first-order chi connectivity index (χ1) is 9.08. The lowest BCUT2D eigenvalue weighted by Crippen LogP contribution is -2.14. The number of ketones is 1. The number of carbonyl (C=O) groups excluding carboxylic acids is 1. The molecule has 0 saturated carbocycles. The summed E-state index contributed by atoms with van der Waals surface area (Å²) in [6.45, 7) is 4.20. The summed E-state index contributed by atoms with van der Waals surface area (Å²) >= 11 is 0. The van der Waals surface area contributed by atoms with Crippen molar-refractivity contribution in [2.24, 2.45) is 5.92 Å². The highest BCUT2D eigenvalue weighted by atomic mass is 16.3. The van der Waals surface area contributed by atoms with E-state index in [-0.39, 0.29) is 17.4 Å². The number of phenolic OH excluding ortho intramolecular Hbond substituents is 2. The van der Waals surface area contributed by atoms with Gasteiger partial charge >= 0.3 is 0 Å². The molecule has 0 saturated heterocycles. The average Bonchev–Trinajstić information content (AvgIpc) is 2.41. The van der Waals surface area contributed by atoms with Gasteiger partial charge in [-0.1, -0.05) is 32.8 Å². The molecule has 0 fully saturated rings. The van der Waals surface area contributed by atoms with Crippen LogP contribution in [0.3, 0.4) is 0 Å². The van der Waals surface area contributed by atoms with Gasteiger partial charge in [0.05, 0.1) is 0 Å². The van der Waals surface area contributed by atoms with Crippen LogP contribution >= 0.6 is 0 Å². The second-order valence-corrected chi connectivity index (χ2v) is 5.04. The van der Waals surface area contributed by atoms with Gasteiger partial charge in [0.25, 0.3) is 0 Å². The van der Waals surface area contributed by atoms with Crippen molar-refractivity contribution in [3.63, 3.8) is 0 Å². The Morgan fingerprint density at radius 1 is 1.21 bits per heavy atom. The number of unbranched alkanes of at least 4 members (excludes halogenated alkanes) is 1. The van der Waals surface area contributed by atoms with E-state index in [0.717, 1.165) is 31.2 Å². The Morgan fingerprint density at radius 3 is 2.53 bits per heavy atom. The van der Waals surface area contributed by atoms with E-state index in [1.165, 1.54) is 12.1 Å². The molecule has 1 rings (SSSR count). The summed E-state index contributed by atoms with van der Waals surface area (Å²) in [4.78, 5) is 12.1. The van der Waals surface area contributed by atoms with E-state index in [1.54, 1.807) is 6.07 Å². The molecule has 106 valence electrons. The number of aromatic hydroxyl groups is 2. The fraction of sp³-hybridized carbons (Fsp3) is 0.562. The van der Waals surface area contributed by atoms with E-state index < -0.39 is 0 Å². The van der Waals surface area contributed by atoms with Crippen LogP contribution in [0.4, 0.5) is 0 Å². The molecule has 1 aromatic rings. The third-order valence-corrected chi connectivity index (χ3v) is 3.55. The van der Waals surface area contributed by atoms with Gasteiger partial charge in [-0.3, -0.25) is 4.79 Å². The highest BCUT2D eigenvalue weighted by molar-refractivity contribution is 5.81. The quantitative estimate of drug-likeness (QED) is 0.702. The lowest BCUT2D eigenvalue weighted by Gasteiger charge is -2.13. The Kier molecular flexibility index (Phi) is 6.40. The second-order valence-electron chi connectivity index (χ2n) is 5.04. The minimum Gasteiger partial charge on any atom is -0.504 e. The van der Waals surface area contributed by atoms with Crippen LogP contribution in [-0.2, 0) is 11.2 Å². The van der Waals surface area contributed by atoms with Gasteiger partial charge in [-0.05, 0) is 37.0 Å². The van der Waals surface area contributed by atoms with Crippen LogP contribution in [0.1, 0.15) is 51.5 Å². The number of hydrogen-bond donors (Lipinski definition) is 2. The van der Waals surface area contributed by atoms with Crippen LogP contribution in [0.5, 0.6) is 11.5 Å². The molecule has 0 spiro atoms. The van der Waals surface area contributed by atoms with Crippen LogP contribution in [0.2, 0.25) is 0 Å². The van der Waals surface area contributed by atoms with Gasteiger partial charge in [0.1, 0.15) is 5.78 Å². The molecule has 0 aromatic heterocycles. The van der Waals surface area contributed by atoms with Gasteiger partial charge < -0.3 is 10.2 Å². The van der Waals surface area contributed by atoms with Crippen molar-refractivity contribution in [1.29, 1.82) is 0 Å². The maximum absolute atomic E-state index is 12.1. The van der Waals surface area contributed by atoms with Gasteiger partial charge in [0.2, 0.25) is 0 Å². The monoisotopic (exact) mass is 264 g/mol. The number of carbonyl (C=O) groups is 1. The summed E-state index contributed by atoms with van der Waals surface area (Å²) in [6.07, 6.45) is 5.23. The molecule has 0 heterocycles. The molecule has 2 N–H and O–H groups in total. The second kappa shape index (κ2) is 7.82. The third-order valence-electron chi connectivity index (χ3n) is 3.55. The van der Waals surface area contributed by atoms with E-state index in [4.69, 9.17) is 0 Å². The maximum atomic E-state index is 12.1. The van der Waals surface area contributed by atoms with Crippen molar-refractivity contribution >= 4 is 5.78 Å². The van der Waals surface area contributed by atoms with Gasteiger partial charge in [0, 0.05) is 12.3 Å². The summed E-state index contributed by atoms with van der Waals surface area (Å²) in [5.74, 6) is 0.238. The van der Waals surface area contributed by atoms with Crippen molar-refractivity contribution in [3.05, 3.63) is 23.8 Å². The highest BCUT2D eigenvalue weighted by Gasteiger charge is 2.15. The topological polar surface area (TPSA) is 57.5 Å². The van der Waals surface area contributed by atoms with Crippen molar-refractivity contribution < 1.29 is 15.0 Å². The zero-order valence-corrected chi connectivity index (χ0v) is 11.9. The predicted molar refractivity (Wildman–Crippen MR) is 76.4 cm³/mol.